The minimum atomic E-state index is -0.190. The molecule has 164 valence electrons. The van der Waals surface area contributed by atoms with Gasteiger partial charge in [-0.2, -0.15) is 0 Å². The number of carbonyl (C=O) groups is 1. The van der Waals surface area contributed by atoms with Crippen molar-refractivity contribution in [3.05, 3.63) is 65.4 Å². The van der Waals surface area contributed by atoms with Crippen LogP contribution < -0.4 is 5.32 Å². The van der Waals surface area contributed by atoms with Gasteiger partial charge in [-0.1, -0.05) is 18.2 Å². The molecule has 8 heteroatoms. The van der Waals surface area contributed by atoms with Gasteiger partial charge < -0.3 is 20.5 Å². The first kappa shape index (κ1) is 21.6. The summed E-state index contributed by atoms with van der Waals surface area (Å²) in [5.74, 6) is 0.423. The lowest BCUT2D eigenvalue weighted by atomic mass is 10.1. The molecule has 0 saturated heterocycles. The molecule has 2 heterocycles. The Morgan fingerprint density at radius 1 is 1.06 bits per heavy atom. The van der Waals surface area contributed by atoms with Crippen LogP contribution in [0.4, 0.5) is 5.69 Å². The fourth-order valence-electron chi connectivity index (χ4n) is 3.37. The van der Waals surface area contributed by atoms with Crippen molar-refractivity contribution in [3.8, 4) is 33.5 Å². The number of imidazole rings is 1. The van der Waals surface area contributed by atoms with Gasteiger partial charge in [-0.05, 0) is 50.1 Å². The van der Waals surface area contributed by atoms with E-state index in [-0.39, 0.29) is 17.4 Å². The van der Waals surface area contributed by atoms with E-state index in [4.69, 9.17) is 4.98 Å². The number of phenols is 2. The topological polar surface area (TPSA) is 111 Å². The van der Waals surface area contributed by atoms with Crippen LogP contribution in [0.3, 0.4) is 0 Å². The third-order valence-corrected chi connectivity index (χ3v) is 5.93. The molecular weight excluding hydrogens is 424 g/mol. The van der Waals surface area contributed by atoms with Crippen LogP contribution >= 0.6 is 11.3 Å². The van der Waals surface area contributed by atoms with Gasteiger partial charge in [-0.3, -0.25) is 4.79 Å². The number of rotatable bonds is 8. The molecular formula is C24H24N4O3S. The number of aromatic nitrogens is 3. The second-order valence-corrected chi connectivity index (χ2v) is 8.38. The number of phenolic OH excluding ortho intramolecular Hbond substituents is 2. The lowest BCUT2D eigenvalue weighted by Crippen LogP contribution is -2.11. The average Bonchev–Trinajstić information content (AvgIpc) is 3.40. The fourth-order valence-corrected chi connectivity index (χ4v) is 4.16. The molecule has 0 aliphatic heterocycles. The Morgan fingerprint density at radius 2 is 1.88 bits per heavy atom. The molecule has 4 aromatic rings. The first-order chi connectivity index (χ1) is 15.5. The number of aryl methyl sites for hydroxylation is 2. The molecule has 0 spiro atoms. The molecule has 0 aliphatic rings. The van der Waals surface area contributed by atoms with E-state index in [1.807, 2.05) is 42.6 Å². The first-order valence-electron chi connectivity index (χ1n) is 10.4. The molecule has 2 aromatic heterocycles. The molecule has 1 amide bonds. The van der Waals surface area contributed by atoms with Gasteiger partial charge in [0.15, 0.2) is 11.5 Å². The SMILES string of the molecule is Cc1csc(-c2nc(CCCCC(=O)Nc3ccccc3)[nH]c2-c2ccc(O)c(O)c2)n1. The van der Waals surface area contributed by atoms with E-state index in [9.17, 15) is 15.0 Å². The van der Waals surface area contributed by atoms with Crippen LogP contribution in [0.2, 0.25) is 0 Å². The van der Waals surface area contributed by atoms with E-state index in [2.05, 4.69) is 15.3 Å². The second kappa shape index (κ2) is 9.65. The summed E-state index contributed by atoms with van der Waals surface area (Å²) >= 11 is 1.51. The Hall–Kier alpha value is -3.65. The molecule has 2 aromatic carbocycles. The van der Waals surface area contributed by atoms with E-state index in [1.165, 1.54) is 23.5 Å². The van der Waals surface area contributed by atoms with Gasteiger partial charge in [-0.25, -0.2) is 9.97 Å². The fraction of sp³-hybridized carbons (Fsp3) is 0.208. The number of amides is 1. The van der Waals surface area contributed by atoms with Gasteiger partial charge in [0.1, 0.15) is 16.5 Å². The van der Waals surface area contributed by atoms with Crippen molar-refractivity contribution < 1.29 is 15.0 Å². The standard InChI is InChI=1S/C24H24N4O3S/c1-15-14-32-24(25-15)23-22(16-11-12-18(29)19(30)13-16)27-20(28-23)9-5-6-10-21(31)26-17-7-3-2-4-8-17/h2-4,7-8,11-14,29-30H,5-6,9-10H2,1H3,(H,26,31)(H,27,28). The summed E-state index contributed by atoms with van der Waals surface area (Å²) in [6.07, 6.45) is 2.65. The van der Waals surface area contributed by atoms with Crippen molar-refractivity contribution in [2.45, 2.75) is 32.6 Å². The maximum absolute atomic E-state index is 12.1. The molecule has 4 rings (SSSR count). The maximum atomic E-state index is 12.1. The molecule has 0 atom stereocenters. The summed E-state index contributed by atoms with van der Waals surface area (Å²) in [5, 5.41) is 25.2. The first-order valence-corrected chi connectivity index (χ1v) is 11.3. The highest BCUT2D eigenvalue weighted by molar-refractivity contribution is 7.13. The normalized spacial score (nSPS) is 10.9. The van der Waals surface area contributed by atoms with Gasteiger partial charge in [-0.15, -0.1) is 11.3 Å². The summed E-state index contributed by atoms with van der Waals surface area (Å²) < 4.78 is 0. The van der Waals surface area contributed by atoms with Crippen molar-refractivity contribution in [1.82, 2.24) is 15.0 Å². The summed E-state index contributed by atoms with van der Waals surface area (Å²) in [7, 11) is 0. The summed E-state index contributed by atoms with van der Waals surface area (Å²) in [6, 6.07) is 14.1. The van der Waals surface area contributed by atoms with Crippen LogP contribution in [0.15, 0.2) is 53.9 Å². The molecule has 4 N–H and O–H groups in total. The van der Waals surface area contributed by atoms with Gasteiger partial charge >= 0.3 is 0 Å². The number of hydrogen-bond acceptors (Lipinski definition) is 6. The molecule has 0 saturated carbocycles. The van der Waals surface area contributed by atoms with Gasteiger partial charge in [0.2, 0.25) is 5.91 Å². The van der Waals surface area contributed by atoms with Crippen LogP contribution in [0.5, 0.6) is 11.5 Å². The number of aromatic amines is 1. The summed E-state index contributed by atoms with van der Waals surface area (Å²) in [4.78, 5) is 24.8. The maximum Gasteiger partial charge on any atom is 0.224 e. The number of para-hydroxylation sites is 1. The smallest absolute Gasteiger partial charge is 0.224 e. The third kappa shape index (κ3) is 5.15. The van der Waals surface area contributed by atoms with Gasteiger partial charge in [0, 0.05) is 35.2 Å². The van der Waals surface area contributed by atoms with Crippen LogP contribution in [0, 0.1) is 6.92 Å². The number of benzene rings is 2. The minimum Gasteiger partial charge on any atom is -0.504 e. The predicted molar refractivity (Wildman–Crippen MR) is 126 cm³/mol. The zero-order valence-electron chi connectivity index (χ0n) is 17.6. The molecule has 0 fully saturated rings. The van der Waals surface area contributed by atoms with Gasteiger partial charge in [0.05, 0.1) is 5.69 Å². The molecule has 0 aliphatic carbocycles. The van der Waals surface area contributed by atoms with Gasteiger partial charge in [0.25, 0.3) is 0 Å². The Labute approximate surface area is 189 Å². The van der Waals surface area contributed by atoms with E-state index >= 15 is 0 Å². The van der Waals surface area contributed by atoms with Crippen molar-refractivity contribution in [2.75, 3.05) is 5.32 Å². The Bertz CT molecular complexity index is 1220. The number of unbranched alkanes of at least 4 members (excludes halogenated alkanes) is 1. The zero-order chi connectivity index (χ0) is 22.5. The van der Waals surface area contributed by atoms with E-state index in [0.717, 1.165) is 40.7 Å². The number of H-pyrrole nitrogens is 1. The average molecular weight is 449 g/mol. The van der Waals surface area contributed by atoms with Crippen molar-refractivity contribution in [1.29, 1.82) is 0 Å². The number of nitrogens with zero attached hydrogens (tertiary/aromatic N) is 2. The highest BCUT2D eigenvalue weighted by Gasteiger charge is 2.18. The molecule has 32 heavy (non-hydrogen) atoms. The molecule has 7 nitrogen and oxygen atoms in total. The number of aromatic hydroxyl groups is 2. The monoisotopic (exact) mass is 448 g/mol. The Morgan fingerprint density at radius 3 is 2.59 bits per heavy atom. The van der Waals surface area contributed by atoms with Crippen LogP contribution in [-0.4, -0.2) is 31.1 Å². The summed E-state index contributed by atoms with van der Waals surface area (Å²) in [6.45, 7) is 1.93. The van der Waals surface area contributed by atoms with Crippen molar-refractivity contribution in [3.63, 3.8) is 0 Å². The van der Waals surface area contributed by atoms with Crippen molar-refractivity contribution in [2.24, 2.45) is 0 Å². The van der Waals surface area contributed by atoms with Crippen LogP contribution in [0.1, 0.15) is 30.8 Å². The number of thiazole rings is 1. The second-order valence-electron chi connectivity index (χ2n) is 7.53. The zero-order valence-corrected chi connectivity index (χ0v) is 18.4. The number of carbonyl (C=O) groups excluding carboxylic acids is 1. The molecule has 0 bridgehead atoms. The van der Waals surface area contributed by atoms with Crippen LogP contribution in [-0.2, 0) is 11.2 Å². The van der Waals surface area contributed by atoms with E-state index < -0.39 is 0 Å². The lowest BCUT2D eigenvalue weighted by Gasteiger charge is -2.04. The number of nitrogens with one attached hydrogen (secondary N) is 2. The number of anilines is 1. The minimum absolute atomic E-state index is 0.00477. The molecule has 0 radical (unpaired) electrons. The number of hydrogen-bond donors (Lipinski definition) is 4. The van der Waals surface area contributed by atoms with E-state index in [0.29, 0.717) is 24.1 Å². The molecule has 0 unspecified atom stereocenters. The van der Waals surface area contributed by atoms with Crippen molar-refractivity contribution >= 4 is 22.9 Å². The highest BCUT2D eigenvalue weighted by Crippen LogP contribution is 2.36. The summed E-state index contributed by atoms with van der Waals surface area (Å²) in [5.41, 5.74) is 3.88. The quantitative estimate of drug-likeness (QED) is 0.217. The Kier molecular flexibility index (Phi) is 6.51. The largest absolute Gasteiger partial charge is 0.504 e. The Balaban J connectivity index is 1.44. The third-order valence-electron chi connectivity index (χ3n) is 4.96. The van der Waals surface area contributed by atoms with E-state index in [1.54, 1.807) is 6.07 Å². The lowest BCUT2D eigenvalue weighted by molar-refractivity contribution is -0.116. The highest BCUT2D eigenvalue weighted by atomic mass is 32.1. The van der Waals surface area contributed by atoms with Crippen LogP contribution in [0.25, 0.3) is 22.0 Å². The predicted octanol–water partition coefficient (Wildman–Crippen LogP) is 5.27.